The number of aryl methyl sites for hydroxylation is 3. The molecule has 158 valence electrons. The number of rotatable bonds is 5. The second-order valence-electron chi connectivity index (χ2n) is 7.43. The molecule has 1 heterocycles. The quantitative estimate of drug-likeness (QED) is 0.587. The molecule has 6 nitrogen and oxygen atoms in total. The highest BCUT2D eigenvalue weighted by molar-refractivity contribution is 5.97. The van der Waals surface area contributed by atoms with Gasteiger partial charge in [-0.15, -0.1) is 0 Å². The number of esters is 1. The van der Waals surface area contributed by atoms with E-state index in [4.69, 9.17) is 14.2 Å². The van der Waals surface area contributed by atoms with Crippen LogP contribution >= 0.6 is 0 Å². The normalized spacial score (nSPS) is 14.1. The largest absolute Gasteiger partial charge is 0.490 e. The maximum atomic E-state index is 12.5. The summed E-state index contributed by atoms with van der Waals surface area (Å²) in [6.45, 7) is 8.64. The molecule has 0 aliphatic carbocycles. The van der Waals surface area contributed by atoms with Crippen LogP contribution in [0.15, 0.2) is 36.4 Å². The Bertz CT molecular complexity index is 957. The van der Waals surface area contributed by atoms with Gasteiger partial charge in [0.2, 0.25) is 0 Å². The minimum atomic E-state index is -0.925. The van der Waals surface area contributed by atoms with Crippen molar-refractivity contribution >= 4 is 23.6 Å². The minimum absolute atomic E-state index is 0.373. The number of ether oxygens (including phenoxy) is 3. The molecule has 0 radical (unpaired) electrons. The van der Waals surface area contributed by atoms with Crippen LogP contribution in [0.4, 0.5) is 5.69 Å². The van der Waals surface area contributed by atoms with E-state index in [9.17, 15) is 9.59 Å². The van der Waals surface area contributed by atoms with Crippen LogP contribution in [0.2, 0.25) is 0 Å². The highest BCUT2D eigenvalue weighted by atomic mass is 16.5. The number of benzene rings is 2. The number of fused-ring (bicyclic) bond motifs is 1. The average Bonchev–Trinajstić information content (AvgIpc) is 2.93. The number of anilines is 1. The summed E-state index contributed by atoms with van der Waals surface area (Å²) in [5.41, 5.74) is 4.58. The van der Waals surface area contributed by atoms with Crippen molar-refractivity contribution in [1.29, 1.82) is 0 Å². The van der Waals surface area contributed by atoms with Gasteiger partial charge in [0, 0.05) is 18.2 Å². The van der Waals surface area contributed by atoms with Gasteiger partial charge >= 0.3 is 5.97 Å². The highest BCUT2D eigenvalue weighted by Crippen LogP contribution is 2.30. The van der Waals surface area contributed by atoms with Crippen LogP contribution in [0.1, 0.15) is 35.6 Å². The summed E-state index contributed by atoms with van der Waals surface area (Å²) >= 11 is 0. The van der Waals surface area contributed by atoms with E-state index in [1.54, 1.807) is 13.0 Å². The van der Waals surface area contributed by atoms with Crippen molar-refractivity contribution in [2.45, 2.75) is 40.2 Å². The summed E-state index contributed by atoms with van der Waals surface area (Å²) in [4.78, 5) is 24.6. The van der Waals surface area contributed by atoms with Gasteiger partial charge in [-0.25, -0.2) is 4.79 Å². The van der Waals surface area contributed by atoms with E-state index >= 15 is 0 Å². The third kappa shape index (κ3) is 5.41. The number of carbonyl (C=O) groups is 2. The van der Waals surface area contributed by atoms with E-state index in [2.05, 4.69) is 5.32 Å². The molecule has 0 aromatic heterocycles. The van der Waals surface area contributed by atoms with Crippen molar-refractivity contribution in [3.05, 3.63) is 58.7 Å². The van der Waals surface area contributed by atoms with Gasteiger partial charge in [0.1, 0.15) is 0 Å². The zero-order chi connectivity index (χ0) is 21.7. The van der Waals surface area contributed by atoms with Crippen LogP contribution < -0.4 is 14.8 Å². The number of hydrogen-bond acceptors (Lipinski definition) is 5. The molecule has 1 amide bonds. The van der Waals surface area contributed by atoms with Gasteiger partial charge in [0.25, 0.3) is 5.91 Å². The Morgan fingerprint density at radius 2 is 1.70 bits per heavy atom. The smallest absolute Gasteiger partial charge is 0.331 e. The standard InChI is InChI=1S/C24H27NO5/c1-15-12-16(2)23(17(3)13-15)25-24(27)18(4)30-22(26)9-7-19-6-8-20-21(14-19)29-11-5-10-28-20/h6-9,12-14,18H,5,10-11H2,1-4H3,(H,25,27)/b9-7+/t18-/m1/s1. The van der Waals surface area contributed by atoms with E-state index in [1.165, 1.54) is 6.08 Å². The topological polar surface area (TPSA) is 73.9 Å². The van der Waals surface area contributed by atoms with Crippen molar-refractivity contribution in [2.24, 2.45) is 0 Å². The van der Waals surface area contributed by atoms with Crippen molar-refractivity contribution in [1.82, 2.24) is 0 Å². The summed E-state index contributed by atoms with van der Waals surface area (Å²) in [5.74, 6) is 0.378. The predicted octanol–water partition coefficient (Wildman–Crippen LogP) is 4.36. The van der Waals surface area contributed by atoms with Gasteiger partial charge in [0.15, 0.2) is 17.6 Å². The van der Waals surface area contributed by atoms with Crippen LogP contribution in [0.25, 0.3) is 6.08 Å². The maximum absolute atomic E-state index is 12.5. The van der Waals surface area contributed by atoms with E-state index in [-0.39, 0.29) is 5.91 Å². The van der Waals surface area contributed by atoms with Gasteiger partial charge in [-0.05, 0) is 62.6 Å². The van der Waals surface area contributed by atoms with Crippen LogP contribution in [-0.2, 0) is 14.3 Å². The van der Waals surface area contributed by atoms with Crippen LogP contribution in [0, 0.1) is 20.8 Å². The van der Waals surface area contributed by atoms with Crippen LogP contribution in [0.3, 0.4) is 0 Å². The van der Waals surface area contributed by atoms with E-state index in [1.807, 2.05) is 51.1 Å². The fourth-order valence-electron chi connectivity index (χ4n) is 3.32. The zero-order valence-electron chi connectivity index (χ0n) is 17.8. The average molecular weight is 409 g/mol. The molecule has 0 fully saturated rings. The number of nitrogens with one attached hydrogen (secondary N) is 1. The fraction of sp³-hybridized carbons (Fsp3) is 0.333. The Morgan fingerprint density at radius 3 is 2.40 bits per heavy atom. The lowest BCUT2D eigenvalue weighted by Gasteiger charge is -2.16. The van der Waals surface area contributed by atoms with Gasteiger partial charge in [-0.1, -0.05) is 23.8 Å². The SMILES string of the molecule is Cc1cc(C)c(NC(=O)[C@@H](C)OC(=O)/C=C/c2ccc3c(c2)OCCCO3)c(C)c1. The molecule has 0 unspecified atom stereocenters. The summed E-state index contributed by atoms with van der Waals surface area (Å²) in [6, 6.07) is 9.45. The van der Waals surface area contributed by atoms with Crippen molar-refractivity contribution < 1.29 is 23.8 Å². The molecule has 1 atom stereocenters. The maximum Gasteiger partial charge on any atom is 0.331 e. The lowest BCUT2D eigenvalue weighted by atomic mass is 10.0. The monoisotopic (exact) mass is 409 g/mol. The Kier molecular flexibility index (Phi) is 6.77. The predicted molar refractivity (Wildman–Crippen MR) is 116 cm³/mol. The van der Waals surface area contributed by atoms with Gasteiger partial charge in [0.05, 0.1) is 13.2 Å². The first-order valence-electron chi connectivity index (χ1n) is 10.0. The third-order valence-electron chi connectivity index (χ3n) is 4.77. The molecule has 1 N–H and O–H groups in total. The summed E-state index contributed by atoms with van der Waals surface area (Å²) < 4.78 is 16.5. The summed E-state index contributed by atoms with van der Waals surface area (Å²) in [6.07, 6.45) is 2.82. The lowest BCUT2D eigenvalue weighted by Crippen LogP contribution is -2.30. The van der Waals surface area contributed by atoms with Crippen LogP contribution in [0.5, 0.6) is 11.5 Å². The molecule has 2 aromatic rings. The molecule has 0 saturated heterocycles. The first-order valence-corrected chi connectivity index (χ1v) is 10.0. The fourth-order valence-corrected chi connectivity index (χ4v) is 3.32. The molecule has 6 heteroatoms. The zero-order valence-corrected chi connectivity index (χ0v) is 17.8. The molecule has 1 aliphatic rings. The molecular weight excluding hydrogens is 382 g/mol. The van der Waals surface area contributed by atoms with Crippen molar-refractivity contribution in [3.8, 4) is 11.5 Å². The molecule has 2 aromatic carbocycles. The van der Waals surface area contributed by atoms with Crippen molar-refractivity contribution in [2.75, 3.05) is 18.5 Å². The Morgan fingerprint density at radius 1 is 1.03 bits per heavy atom. The van der Waals surface area contributed by atoms with Gasteiger partial charge in [-0.2, -0.15) is 0 Å². The highest BCUT2D eigenvalue weighted by Gasteiger charge is 2.18. The first-order chi connectivity index (χ1) is 14.3. The molecule has 1 aliphatic heterocycles. The summed E-state index contributed by atoms with van der Waals surface area (Å²) in [5, 5.41) is 2.85. The second-order valence-corrected chi connectivity index (χ2v) is 7.43. The second kappa shape index (κ2) is 9.48. The van der Waals surface area contributed by atoms with E-state index in [0.717, 1.165) is 34.4 Å². The van der Waals surface area contributed by atoms with E-state index < -0.39 is 12.1 Å². The third-order valence-corrected chi connectivity index (χ3v) is 4.77. The number of hydrogen-bond donors (Lipinski definition) is 1. The molecule has 3 rings (SSSR count). The Hall–Kier alpha value is -3.28. The van der Waals surface area contributed by atoms with Gasteiger partial charge < -0.3 is 19.5 Å². The lowest BCUT2D eigenvalue weighted by molar-refractivity contribution is -0.148. The first kappa shape index (κ1) is 21.4. The number of carbonyl (C=O) groups excluding carboxylic acids is 2. The van der Waals surface area contributed by atoms with Crippen LogP contribution in [-0.4, -0.2) is 31.2 Å². The molecule has 0 saturated carbocycles. The van der Waals surface area contributed by atoms with Gasteiger partial charge in [-0.3, -0.25) is 4.79 Å². The summed E-state index contributed by atoms with van der Waals surface area (Å²) in [7, 11) is 0. The Labute approximate surface area is 176 Å². The molecule has 0 bridgehead atoms. The Balaban J connectivity index is 1.59. The molecular formula is C24H27NO5. The van der Waals surface area contributed by atoms with E-state index in [0.29, 0.717) is 24.7 Å². The molecule has 30 heavy (non-hydrogen) atoms. The number of amides is 1. The molecule has 0 spiro atoms. The minimum Gasteiger partial charge on any atom is -0.490 e. The van der Waals surface area contributed by atoms with Crippen molar-refractivity contribution in [3.63, 3.8) is 0 Å².